The first-order chi connectivity index (χ1) is 9.79. The van der Waals surface area contributed by atoms with Crippen LogP contribution in [0.3, 0.4) is 0 Å². The van der Waals surface area contributed by atoms with E-state index >= 15 is 0 Å². The van der Waals surface area contributed by atoms with Crippen LogP contribution in [0.15, 0.2) is 60.7 Å². The molecule has 0 fully saturated rings. The lowest BCUT2D eigenvalue weighted by Gasteiger charge is -2.20. The molecule has 2 aromatic carbocycles. The maximum Gasteiger partial charge on any atom is 0.598 e. The number of nitrogens with zero attached hydrogens (tertiary/aromatic N) is 1. The molecular weight excluding hydrogens is 249 g/mol. The van der Waals surface area contributed by atoms with Crippen molar-refractivity contribution in [3.8, 4) is 17.6 Å². The van der Waals surface area contributed by atoms with Crippen LogP contribution in [0.1, 0.15) is 13.3 Å². The second-order valence-corrected chi connectivity index (χ2v) is 4.57. The van der Waals surface area contributed by atoms with Gasteiger partial charge in [0.2, 0.25) is 0 Å². The van der Waals surface area contributed by atoms with Crippen LogP contribution in [0.25, 0.3) is 0 Å². The van der Waals surface area contributed by atoms with Gasteiger partial charge >= 0.3 is 7.12 Å². The van der Waals surface area contributed by atoms with Crippen molar-refractivity contribution in [2.75, 3.05) is 0 Å². The summed E-state index contributed by atoms with van der Waals surface area (Å²) in [5.74, 6) is 1.44. The maximum atomic E-state index is 8.86. The summed E-state index contributed by atoms with van der Waals surface area (Å²) in [7, 11) is -0.487. The zero-order valence-corrected chi connectivity index (χ0v) is 11.4. The fourth-order valence-electron chi connectivity index (χ4n) is 1.76. The molecule has 0 radical (unpaired) electrons. The molecule has 1 unspecified atom stereocenters. The monoisotopic (exact) mass is 265 g/mol. The molecule has 0 amide bonds. The van der Waals surface area contributed by atoms with E-state index in [9.17, 15) is 0 Å². The molecule has 0 aliphatic heterocycles. The third-order valence-electron chi connectivity index (χ3n) is 2.87. The highest BCUT2D eigenvalue weighted by Crippen LogP contribution is 2.22. The van der Waals surface area contributed by atoms with Gasteiger partial charge in [-0.3, -0.25) is 0 Å². The Kier molecular flexibility index (Phi) is 5.08. The van der Waals surface area contributed by atoms with Crippen molar-refractivity contribution in [3.63, 3.8) is 0 Å². The first-order valence-electron chi connectivity index (χ1n) is 6.60. The van der Waals surface area contributed by atoms with E-state index in [0.717, 1.165) is 11.5 Å². The molecule has 1 atom stereocenters. The molecular formula is C16H16BNO2. The van der Waals surface area contributed by atoms with Gasteiger partial charge in [-0.15, -0.1) is 0 Å². The molecule has 100 valence electrons. The predicted octanol–water partition coefficient (Wildman–Crippen LogP) is 3.94. The van der Waals surface area contributed by atoms with Crippen LogP contribution in [0.5, 0.6) is 11.5 Å². The summed E-state index contributed by atoms with van der Waals surface area (Å²) in [5.41, 5.74) is 0. The minimum Gasteiger partial charge on any atom is -0.526 e. The van der Waals surface area contributed by atoms with E-state index in [1.807, 2.05) is 67.6 Å². The standard InChI is InChI=1S/C16H16BNO2/c1-14(12-13-18)17(19-15-8-4-2-5-9-15)20-16-10-6-3-7-11-16/h2-11,14H,12H2,1H3. The highest BCUT2D eigenvalue weighted by atomic mass is 16.6. The van der Waals surface area contributed by atoms with Gasteiger partial charge in [0.1, 0.15) is 11.5 Å². The Morgan fingerprint density at radius 2 is 1.40 bits per heavy atom. The van der Waals surface area contributed by atoms with E-state index in [0.29, 0.717) is 6.42 Å². The second kappa shape index (κ2) is 7.25. The van der Waals surface area contributed by atoms with Crippen LogP contribution in [0, 0.1) is 11.3 Å². The molecule has 0 N–H and O–H groups in total. The second-order valence-electron chi connectivity index (χ2n) is 4.57. The van der Waals surface area contributed by atoms with Crippen LogP contribution in [0.4, 0.5) is 0 Å². The number of nitriles is 1. The normalized spacial score (nSPS) is 11.2. The van der Waals surface area contributed by atoms with E-state index in [-0.39, 0.29) is 5.82 Å². The summed E-state index contributed by atoms with van der Waals surface area (Å²) in [4.78, 5) is 0. The average molecular weight is 265 g/mol. The average Bonchev–Trinajstić information content (AvgIpc) is 2.49. The molecule has 3 nitrogen and oxygen atoms in total. The van der Waals surface area contributed by atoms with Gasteiger partial charge in [-0.2, -0.15) is 5.26 Å². The smallest absolute Gasteiger partial charge is 0.526 e. The summed E-state index contributed by atoms with van der Waals surface area (Å²) in [5, 5.41) is 8.86. The van der Waals surface area contributed by atoms with Crippen molar-refractivity contribution in [2.24, 2.45) is 0 Å². The quantitative estimate of drug-likeness (QED) is 0.743. The molecule has 20 heavy (non-hydrogen) atoms. The molecule has 0 heterocycles. The van der Waals surface area contributed by atoms with Gasteiger partial charge in [0.25, 0.3) is 0 Å². The Morgan fingerprint density at radius 3 is 1.80 bits per heavy atom. The summed E-state index contributed by atoms with van der Waals surface area (Å²) in [6.07, 6.45) is 0.379. The van der Waals surface area contributed by atoms with Gasteiger partial charge in [0, 0.05) is 12.2 Å². The van der Waals surface area contributed by atoms with Crippen LogP contribution in [-0.4, -0.2) is 7.12 Å². The highest BCUT2D eigenvalue weighted by molar-refractivity contribution is 6.48. The van der Waals surface area contributed by atoms with E-state index in [4.69, 9.17) is 14.6 Å². The Balaban J connectivity index is 2.10. The lowest BCUT2D eigenvalue weighted by atomic mass is 9.71. The minimum absolute atomic E-state index is 0.0274. The Morgan fingerprint density at radius 1 is 0.950 bits per heavy atom. The van der Waals surface area contributed by atoms with E-state index < -0.39 is 7.12 Å². The van der Waals surface area contributed by atoms with E-state index in [1.54, 1.807) is 0 Å². The van der Waals surface area contributed by atoms with Gasteiger partial charge in [0.15, 0.2) is 0 Å². The summed E-state index contributed by atoms with van der Waals surface area (Å²) in [6.45, 7) is 1.94. The van der Waals surface area contributed by atoms with Crippen LogP contribution in [-0.2, 0) is 0 Å². The van der Waals surface area contributed by atoms with Crippen molar-refractivity contribution in [1.82, 2.24) is 0 Å². The van der Waals surface area contributed by atoms with Crippen molar-refractivity contribution >= 4 is 7.12 Å². The fraction of sp³-hybridized carbons (Fsp3) is 0.188. The van der Waals surface area contributed by atoms with E-state index in [1.165, 1.54) is 0 Å². The number of hydrogen-bond donors (Lipinski definition) is 0. The molecule has 2 aromatic rings. The molecule has 0 bridgehead atoms. The molecule has 0 spiro atoms. The van der Waals surface area contributed by atoms with Crippen molar-refractivity contribution in [2.45, 2.75) is 19.2 Å². The minimum atomic E-state index is -0.487. The van der Waals surface area contributed by atoms with Crippen molar-refractivity contribution in [3.05, 3.63) is 60.7 Å². The van der Waals surface area contributed by atoms with Gasteiger partial charge in [0.05, 0.1) is 6.07 Å². The fourth-order valence-corrected chi connectivity index (χ4v) is 1.76. The van der Waals surface area contributed by atoms with Crippen LogP contribution in [0.2, 0.25) is 5.82 Å². The van der Waals surface area contributed by atoms with Gasteiger partial charge < -0.3 is 9.31 Å². The SMILES string of the molecule is CC(CC#N)B(Oc1ccccc1)Oc1ccccc1. The lowest BCUT2D eigenvalue weighted by Crippen LogP contribution is -2.34. The Bertz CT molecular complexity index is 512. The third kappa shape index (κ3) is 4.06. The molecule has 2 rings (SSSR count). The molecule has 0 aliphatic carbocycles. The zero-order valence-electron chi connectivity index (χ0n) is 11.4. The molecule has 0 saturated heterocycles. The van der Waals surface area contributed by atoms with Crippen LogP contribution < -0.4 is 9.31 Å². The largest absolute Gasteiger partial charge is 0.598 e. The van der Waals surface area contributed by atoms with Crippen molar-refractivity contribution in [1.29, 1.82) is 5.26 Å². The first-order valence-corrected chi connectivity index (χ1v) is 6.60. The molecule has 0 aromatic heterocycles. The van der Waals surface area contributed by atoms with Gasteiger partial charge in [-0.05, 0) is 24.3 Å². The lowest BCUT2D eigenvalue weighted by molar-refractivity contribution is 0.405. The third-order valence-corrected chi connectivity index (χ3v) is 2.87. The number of benzene rings is 2. The summed E-state index contributed by atoms with van der Waals surface area (Å²) in [6, 6.07) is 21.1. The Hall–Kier alpha value is -2.41. The predicted molar refractivity (Wildman–Crippen MR) is 79.5 cm³/mol. The summed E-state index contributed by atoms with van der Waals surface area (Å²) >= 11 is 0. The topological polar surface area (TPSA) is 42.2 Å². The molecule has 0 saturated carbocycles. The van der Waals surface area contributed by atoms with E-state index in [2.05, 4.69) is 6.07 Å². The summed E-state index contributed by atoms with van der Waals surface area (Å²) < 4.78 is 11.7. The van der Waals surface area contributed by atoms with Crippen molar-refractivity contribution < 1.29 is 9.31 Å². The number of para-hydroxylation sites is 2. The molecule has 4 heteroatoms. The number of hydrogen-bond acceptors (Lipinski definition) is 3. The number of rotatable bonds is 6. The first kappa shape index (κ1) is 14.0. The maximum absolute atomic E-state index is 8.86. The van der Waals surface area contributed by atoms with Crippen LogP contribution >= 0.6 is 0 Å². The Labute approximate surface area is 119 Å². The zero-order chi connectivity index (χ0) is 14.2. The van der Waals surface area contributed by atoms with Gasteiger partial charge in [-0.1, -0.05) is 43.3 Å². The van der Waals surface area contributed by atoms with Gasteiger partial charge in [-0.25, -0.2) is 0 Å². The highest BCUT2D eigenvalue weighted by Gasteiger charge is 2.31. The molecule has 0 aliphatic rings.